The van der Waals surface area contributed by atoms with Crippen LogP contribution in [0.15, 0.2) is 60.7 Å². The molecule has 1 N–H and O–H groups in total. The second-order valence-corrected chi connectivity index (χ2v) is 12.5. The number of benzene rings is 2. The first-order valence-corrected chi connectivity index (χ1v) is 17.6. The summed E-state index contributed by atoms with van der Waals surface area (Å²) in [6.45, 7) is 2.64. The van der Waals surface area contributed by atoms with Crippen molar-refractivity contribution in [1.82, 2.24) is 0 Å². The number of hydrogen-bond donors (Lipinski definition) is 1. The standard InChI is InChI=1S/C39H58O6/c1-2-3-4-5-6-8-11-14-23-30-39(37(41)42,38(43)45-33-35-27-20-17-21-28-35)31-24-15-12-9-7-10-13-22-29-36(40)44-32-34-25-18-16-19-26-34/h16-21,25-28H,2-15,22-24,29-33H2,1H3,(H,41,42). The smallest absolute Gasteiger partial charge is 0.323 e. The van der Waals surface area contributed by atoms with Crippen molar-refractivity contribution in [2.24, 2.45) is 5.41 Å². The van der Waals surface area contributed by atoms with Gasteiger partial charge in [-0.2, -0.15) is 0 Å². The Morgan fingerprint density at radius 3 is 1.40 bits per heavy atom. The average Bonchev–Trinajstić information content (AvgIpc) is 3.06. The molecular formula is C39H58O6. The Hall–Kier alpha value is -3.15. The normalized spacial score (nSPS) is 12.4. The van der Waals surface area contributed by atoms with Crippen molar-refractivity contribution in [1.29, 1.82) is 0 Å². The Labute approximate surface area is 272 Å². The number of esters is 2. The van der Waals surface area contributed by atoms with E-state index in [1.807, 2.05) is 60.7 Å². The lowest BCUT2D eigenvalue weighted by molar-refractivity contribution is -0.171. The second kappa shape index (κ2) is 24.1. The van der Waals surface area contributed by atoms with Crippen LogP contribution < -0.4 is 0 Å². The highest BCUT2D eigenvalue weighted by Gasteiger charge is 2.46. The first kappa shape index (κ1) is 38.0. The van der Waals surface area contributed by atoms with Gasteiger partial charge >= 0.3 is 17.9 Å². The molecule has 250 valence electrons. The summed E-state index contributed by atoms with van der Waals surface area (Å²) in [6.07, 6.45) is 19.0. The summed E-state index contributed by atoms with van der Waals surface area (Å²) in [5, 5.41) is 10.3. The van der Waals surface area contributed by atoms with Crippen molar-refractivity contribution in [3.8, 4) is 0 Å². The van der Waals surface area contributed by atoms with Gasteiger partial charge in [0, 0.05) is 6.42 Å². The number of ether oxygens (including phenoxy) is 2. The summed E-state index contributed by atoms with van der Waals surface area (Å²) in [5.74, 6) is -1.80. The molecule has 2 aromatic rings. The van der Waals surface area contributed by atoms with Gasteiger partial charge < -0.3 is 14.6 Å². The van der Waals surface area contributed by atoms with Crippen molar-refractivity contribution in [2.75, 3.05) is 0 Å². The Kier molecular flexibility index (Phi) is 20.4. The third kappa shape index (κ3) is 16.7. The van der Waals surface area contributed by atoms with Gasteiger partial charge in [0.1, 0.15) is 13.2 Å². The third-order valence-corrected chi connectivity index (χ3v) is 8.70. The van der Waals surface area contributed by atoms with Gasteiger partial charge in [-0.25, -0.2) is 0 Å². The molecule has 0 saturated heterocycles. The lowest BCUT2D eigenvalue weighted by Crippen LogP contribution is -2.41. The number of rotatable bonds is 27. The molecule has 0 aliphatic rings. The number of hydrogen-bond acceptors (Lipinski definition) is 5. The predicted octanol–water partition coefficient (Wildman–Crippen LogP) is 10.4. The predicted molar refractivity (Wildman–Crippen MR) is 181 cm³/mol. The first-order chi connectivity index (χ1) is 22.0. The molecule has 0 spiro atoms. The molecule has 45 heavy (non-hydrogen) atoms. The number of aliphatic carboxylic acids is 1. The van der Waals surface area contributed by atoms with E-state index in [-0.39, 0.29) is 12.6 Å². The van der Waals surface area contributed by atoms with Crippen LogP contribution in [0.5, 0.6) is 0 Å². The van der Waals surface area contributed by atoms with E-state index in [9.17, 15) is 19.5 Å². The number of carboxylic acids is 1. The van der Waals surface area contributed by atoms with Crippen molar-refractivity contribution >= 4 is 17.9 Å². The minimum Gasteiger partial charge on any atom is -0.480 e. The van der Waals surface area contributed by atoms with Crippen LogP contribution in [-0.2, 0) is 37.1 Å². The molecule has 1 atom stereocenters. The maximum Gasteiger partial charge on any atom is 0.323 e. The van der Waals surface area contributed by atoms with E-state index in [0.29, 0.717) is 32.3 Å². The van der Waals surface area contributed by atoms with Gasteiger partial charge in [0.15, 0.2) is 5.41 Å². The van der Waals surface area contributed by atoms with Crippen molar-refractivity contribution in [2.45, 2.75) is 149 Å². The monoisotopic (exact) mass is 622 g/mol. The van der Waals surface area contributed by atoms with Crippen LogP contribution >= 0.6 is 0 Å². The lowest BCUT2D eigenvalue weighted by Gasteiger charge is -2.27. The largest absolute Gasteiger partial charge is 0.480 e. The van der Waals surface area contributed by atoms with E-state index < -0.39 is 17.4 Å². The summed E-state index contributed by atoms with van der Waals surface area (Å²) in [5.41, 5.74) is 0.377. The lowest BCUT2D eigenvalue weighted by atomic mass is 9.77. The van der Waals surface area contributed by atoms with Crippen molar-refractivity contribution in [3.05, 3.63) is 71.8 Å². The van der Waals surface area contributed by atoms with Gasteiger partial charge in [-0.3, -0.25) is 14.4 Å². The van der Waals surface area contributed by atoms with Gasteiger partial charge in [0.25, 0.3) is 0 Å². The Morgan fingerprint density at radius 1 is 0.556 bits per heavy atom. The maximum atomic E-state index is 13.3. The topological polar surface area (TPSA) is 89.9 Å². The minimum atomic E-state index is -1.48. The van der Waals surface area contributed by atoms with Gasteiger partial charge in [-0.1, -0.05) is 170 Å². The molecule has 0 amide bonds. The molecule has 0 fully saturated rings. The zero-order valence-corrected chi connectivity index (χ0v) is 27.8. The maximum absolute atomic E-state index is 13.3. The molecule has 6 nitrogen and oxygen atoms in total. The zero-order chi connectivity index (χ0) is 32.4. The molecule has 0 bridgehead atoms. The molecule has 0 aromatic heterocycles. The van der Waals surface area contributed by atoms with Crippen LogP contribution in [0.4, 0.5) is 0 Å². The van der Waals surface area contributed by atoms with Gasteiger partial charge in [-0.15, -0.1) is 0 Å². The molecule has 0 heterocycles. The fourth-order valence-corrected chi connectivity index (χ4v) is 5.80. The van der Waals surface area contributed by atoms with Crippen molar-refractivity contribution < 1.29 is 29.0 Å². The quantitative estimate of drug-likeness (QED) is 0.0606. The molecule has 0 saturated carbocycles. The number of carbonyl (C=O) groups is 3. The van der Waals surface area contributed by atoms with Crippen LogP contribution in [0.2, 0.25) is 0 Å². The van der Waals surface area contributed by atoms with Crippen molar-refractivity contribution in [3.63, 3.8) is 0 Å². The summed E-state index contributed by atoms with van der Waals surface area (Å²) in [7, 11) is 0. The third-order valence-electron chi connectivity index (χ3n) is 8.70. The molecule has 2 aromatic carbocycles. The highest BCUT2D eigenvalue weighted by Crippen LogP contribution is 2.35. The zero-order valence-electron chi connectivity index (χ0n) is 27.8. The molecule has 0 aliphatic carbocycles. The van der Waals surface area contributed by atoms with E-state index in [2.05, 4.69) is 6.92 Å². The van der Waals surface area contributed by atoms with Gasteiger partial charge in [0.05, 0.1) is 0 Å². The summed E-state index contributed by atoms with van der Waals surface area (Å²) in [4.78, 5) is 37.9. The Balaban J connectivity index is 1.69. The van der Waals surface area contributed by atoms with E-state index in [1.165, 1.54) is 38.5 Å². The second-order valence-electron chi connectivity index (χ2n) is 12.5. The van der Waals surface area contributed by atoms with Crippen LogP contribution in [0.1, 0.15) is 146 Å². The Bertz CT molecular complexity index is 1050. The van der Waals surface area contributed by atoms with Crippen LogP contribution in [0, 0.1) is 5.41 Å². The molecule has 2 rings (SSSR count). The number of carbonyl (C=O) groups excluding carboxylic acids is 2. The van der Waals surface area contributed by atoms with Gasteiger partial charge in [-0.05, 0) is 30.4 Å². The molecule has 0 aliphatic heterocycles. The number of carboxylic acid groups (broad SMARTS) is 1. The van der Waals surface area contributed by atoms with E-state index in [1.54, 1.807) is 0 Å². The van der Waals surface area contributed by atoms with Crippen LogP contribution in [-0.4, -0.2) is 23.0 Å². The summed E-state index contributed by atoms with van der Waals surface area (Å²) < 4.78 is 11.0. The molecular weight excluding hydrogens is 564 g/mol. The van der Waals surface area contributed by atoms with Crippen LogP contribution in [0.3, 0.4) is 0 Å². The average molecular weight is 623 g/mol. The summed E-state index contributed by atoms with van der Waals surface area (Å²) >= 11 is 0. The first-order valence-electron chi connectivity index (χ1n) is 17.6. The fourth-order valence-electron chi connectivity index (χ4n) is 5.80. The van der Waals surface area contributed by atoms with E-state index in [4.69, 9.17) is 9.47 Å². The van der Waals surface area contributed by atoms with E-state index in [0.717, 1.165) is 75.3 Å². The summed E-state index contributed by atoms with van der Waals surface area (Å²) in [6, 6.07) is 19.2. The minimum absolute atomic E-state index is 0.0945. The SMILES string of the molecule is CCCCCCCCCCCC(CCCCCCCCCCC(=O)OCc1ccccc1)(C(=O)O)C(=O)OCc1ccccc1. The highest BCUT2D eigenvalue weighted by atomic mass is 16.5. The van der Waals surface area contributed by atoms with Gasteiger partial charge in [0.2, 0.25) is 0 Å². The van der Waals surface area contributed by atoms with Crippen LogP contribution in [0.25, 0.3) is 0 Å². The highest BCUT2D eigenvalue weighted by molar-refractivity contribution is 5.99. The Morgan fingerprint density at radius 2 is 0.956 bits per heavy atom. The fraction of sp³-hybridized carbons (Fsp3) is 0.615. The number of unbranched alkanes of at least 4 members (excludes halogenated alkanes) is 15. The van der Waals surface area contributed by atoms with E-state index >= 15 is 0 Å². The molecule has 6 heteroatoms. The molecule has 1 unspecified atom stereocenters. The molecule has 0 radical (unpaired) electrons.